The second-order valence-corrected chi connectivity index (χ2v) is 6.99. The minimum atomic E-state index is -0.387. The molecule has 0 atom stereocenters. The van der Waals surface area contributed by atoms with E-state index in [9.17, 15) is 9.59 Å². The van der Waals surface area contributed by atoms with Crippen LogP contribution in [0.3, 0.4) is 0 Å². The number of nitrogens with one attached hydrogen (secondary N) is 1. The number of carbonyl (C=O) groups excluding carboxylic acids is 2. The number of esters is 1. The molecule has 2 aromatic rings. The highest BCUT2D eigenvalue weighted by Crippen LogP contribution is 2.22. The van der Waals surface area contributed by atoms with E-state index < -0.39 is 0 Å². The van der Waals surface area contributed by atoms with Crippen LogP contribution in [-0.2, 0) is 40.1 Å². The van der Waals surface area contributed by atoms with Crippen LogP contribution < -0.4 is 5.32 Å². The number of fused-ring (bicyclic) bond motifs is 1. The monoisotopic (exact) mass is 371 g/mol. The van der Waals surface area contributed by atoms with Crippen LogP contribution in [0.2, 0.25) is 5.02 Å². The summed E-state index contributed by atoms with van der Waals surface area (Å²) in [5.41, 5.74) is 4.59. The van der Waals surface area contributed by atoms with E-state index in [1.165, 1.54) is 24.0 Å². The predicted molar refractivity (Wildman–Crippen MR) is 101 cm³/mol. The number of aryl methyl sites for hydroxylation is 2. The molecule has 0 aliphatic heterocycles. The molecule has 0 fully saturated rings. The molecule has 5 heteroatoms. The van der Waals surface area contributed by atoms with E-state index >= 15 is 0 Å². The molecule has 0 aromatic heterocycles. The van der Waals surface area contributed by atoms with E-state index in [2.05, 4.69) is 17.4 Å². The number of amides is 1. The molecule has 1 aliphatic carbocycles. The van der Waals surface area contributed by atoms with Gasteiger partial charge in [0.05, 0.1) is 6.42 Å². The highest BCUT2D eigenvalue weighted by atomic mass is 35.5. The molecule has 0 saturated heterocycles. The molecular weight excluding hydrogens is 350 g/mol. The molecule has 26 heavy (non-hydrogen) atoms. The van der Waals surface area contributed by atoms with Gasteiger partial charge < -0.3 is 10.1 Å². The fourth-order valence-electron chi connectivity index (χ4n) is 3.11. The Kier molecular flexibility index (Phi) is 6.29. The lowest BCUT2D eigenvalue weighted by atomic mass is 9.90. The van der Waals surface area contributed by atoms with Gasteiger partial charge in [-0.2, -0.15) is 0 Å². The largest absolute Gasteiger partial charge is 0.455 e. The van der Waals surface area contributed by atoms with Crippen LogP contribution >= 0.6 is 11.6 Å². The third-order valence-corrected chi connectivity index (χ3v) is 4.78. The number of hydrogen-bond donors (Lipinski definition) is 1. The van der Waals surface area contributed by atoms with Crippen molar-refractivity contribution < 1.29 is 14.3 Å². The second-order valence-electron chi connectivity index (χ2n) is 6.55. The van der Waals surface area contributed by atoms with Crippen LogP contribution in [0, 0.1) is 0 Å². The van der Waals surface area contributed by atoms with Gasteiger partial charge in [-0.15, -0.1) is 0 Å². The lowest BCUT2D eigenvalue weighted by Crippen LogP contribution is -2.28. The van der Waals surface area contributed by atoms with Crippen molar-refractivity contribution in [1.29, 1.82) is 0 Å². The van der Waals surface area contributed by atoms with Crippen molar-refractivity contribution in [2.45, 2.75) is 38.6 Å². The van der Waals surface area contributed by atoms with Gasteiger partial charge in [-0.3, -0.25) is 9.59 Å². The number of ether oxygens (including phenoxy) is 1. The summed E-state index contributed by atoms with van der Waals surface area (Å²) < 4.78 is 5.09. The van der Waals surface area contributed by atoms with Crippen LogP contribution in [0.15, 0.2) is 42.5 Å². The van der Waals surface area contributed by atoms with Crippen LogP contribution in [0.4, 0.5) is 0 Å². The van der Waals surface area contributed by atoms with E-state index in [1.54, 1.807) is 12.1 Å². The lowest BCUT2D eigenvalue weighted by Gasteiger charge is -2.16. The summed E-state index contributed by atoms with van der Waals surface area (Å²) in [5.74, 6) is -0.707. The summed E-state index contributed by atoms with van der Waals surface area (Å²) in [5, 5.41) is 3.37. The first-order chi connectivity index (χ1) is 12.6. The van der Waals surface area contributed by atoms with Crippen LogP contribution in [0.5, 0.6) is 0 Å². The van der Waals surface area contributed by atoms with Crippen molar-refractivity contribution in [2.24, 2.45) is 0 Å². The summed E-state index contributed by atoms with van der Waals surface area (Å²) in [4.78, 5) is 23.8. The van der Waals surface area contributed by atoms with Crippen molar-refractivity contribution in [3.05, 3.63) is 69.7 Å². The Bertz CT molecular complexity index is 786. The van der Waals surface area contributed by atoms with E-state index in [4.69, 9.17) is 16.3 Å². The normalized spacial score (nSPS) is 13.0. The van der Waals surface area contributed by atoms with Crippen LogP contribution in [0.25, 0.3) is 0 Å². The number of benzene rings is 2. The molecule has 2 aromatic carbocycles. The standard InChI is InChI=1S/C21H22ClNO3/c22-19-9-6-15(7-10-19)13-23-20(24)14-26-21(25)12-16-5-8-17-3-1-2-4-18(17)11-16/h5-11H,1-4,12-14H2,(H,23,24). The van der Waals surface area contributed by atoms with Crippen molar-refractivity contribution in [2.75, 3.05) is 6.61 Å². The summed E-state index contributed by atoms with van der Waals surface area (Å²) in [6, 6.07) is 13.4. The van der Waals surface area contributed by atoms with E-state index in [-0.39, 0.29) is 24.9 Å². The van der Waals surface area contributed by atoms with Crippen molar-refractivity contribution in [1.82, 2.24) is 5.32 Å². The Balaban J connectivity index is 1.42. The quantitative estimate of drug-likeness (QED) is 0.789. The maximum atomic E-state index is 12.0. The molecular formula is C21H22ClNO3. The van der Waals surface area contributed by atoms with Crippen LogP contribution in [-0.4, -0.2) is 18.5 Å². The van der Waals surface area contributed by atoms with E-state index in [1.807, 2.05) is 18.2 Å². The first kappa shape index (κ1) is 18.5. The minimum Gasteiger partial charge on any atom is -0.455 e. The molecule has 1 aliphatic rings. The molecule has 136 valence electrons. The highest BCUT2D eigenvalue weighted by molar-refractivity contribution is 6.30. The molecule has 3 rings (SSSR count). The Morgan fingerprint density at radius 2 is 1.65 bits per heavy atom. The number of rotatable bonds is 6. The molecule has 0 bridgehead atoms. The summed E-state index contributed by atoms with van der Waals surface area (Å²) in [6.45, 7) is 0.107. The summed E-state index contributed by atoms with van der Waals surface area (Å²) in [7, 11) is 0. The zero-order chi connectivity index (χ0) is 18.4. The highest BCUT2D eigenvalue weighted by Gasteiger charge is 2.12. The van der Waals surface area contributed by atoms with Gasteiger partial charge in [0, 0.05) is 11.6 Å². The van der Waals surface area contributed by atoms with Gasteiger partial charge in [-0.05, 0) is 60.1 Å². The van der Waals surface area contributed by atoms with Crippen molar-refractivity contribution in [3.63, 3.8) is 0 Å². The van der Waals surface area contributed by atoms with E-state index in [0.29, 0.717) is 11.6 Å². The Morgan fingerprint density at radius 1 is 0.962 bits per heavy atom. The van der Waals surface area contributed by atoms with Crippen molar-refractivity contribution in [3.8, 4) is 0 Å². The van der Waals surface area contributed by atoms with Crippen LogP contribution in [0.1, 0.15) is 35.1 Å². The van der Waals surface area contributed by atoms with E-state index in [0.717, 1.165) is 24.0 Å². The Labute approximate surface area is 158 Å². The third kappa shape index (κ3) is 5.33. The van der Waals surface area contributed by atoms with Gasteiger partial charge in [-0.1, -0.05) is 41.9 Å². The molecule has 0 heterocycles. The van der Waals surface area contributed by atoms with Gasteiger partial charge in [0.15, 0.2) is 6.61 Å². The maximum absolute atomic E-state index is 12.0. The third-order valence-electron chi connectivity index (χ3n) is 4.53. The molecule has 0 saturated carbocycles. The van der Waals surface area contributed by atoms with Gasteiger partial charge in [0.25, 0.3) is 5.91 Å². The van der Waals surface area contributed by atoms with Gasteiger partial charge in [0.2, 0.25) is 0 Å². The van der Waals surface area contributed by atoms with Crippen molar-refractivity contribution >= 4 is 23.5 Å². The molecule has 1 amide bonds. The lowest BCUT2D eigenvalue weighted by molar-refractivity contribution is -0.147. The second kappa shape index (κ2) is 8.86. The Morgan fingerprint density at radius 3 is 2.42 bits per heavy atom. The average Bonchev–Trinajstić information content (AvgIpc) is 2.66. The average molecular weight is 372 g/mol. The SMILES string of the molecule is O=C(COC(=O)Cc1ccc2c(c1)CCCC2)NCc1ccc(Cl)cc1. The van der Waals surface area contributed by atoms with Gasteiger partial charge >= 0.3 is 5.97 Å². The smallest absolute Gasteiger partial charge is 0.310 e. The number of carbonyl (C=O) groups is 2. The first-order valence-corrected chi connectivity index (χ1v) is 9.25. The molecule has 0 radical (unpaired) electrons. The zero-order valence-electron chi connectivity index (χ0n) is 14.6. The number of halogens is 1. The molecule has 0 unspecified atom stereocenters. The van der Waals surface area contributed by atoms with Gasteiger partial charge in [-0.25, -0.2) is 0 Å². The first-order valence-electron chi connectivity index (χ1n) is 8.87. The summed E-state index contributed by atoms with van der Waals surface area (Å²) >= 11 is 5.82. The molecule has 0 spiro atoms. The predicted octanol–water partition coefficient (Wildman–Crippen LogP) is 3.62. The fourth-order valence-corrected chi connectivity index (χ4v) is 3.24. The fraction of sp³-hybridized carbons (Fsp3) is 0.333. The minimum absolute atomic E-state index is 0.192. The molecule has 4 nitrogen and oxygen atoms in total. The molecule has 1 N–H and O–H groups in total. The topological polar surface area (TPSA) is 55.4 Å². The zero-order valence-corrected chi connectivity index (χ0v) is 15.3. The Hall–Kier alpha value is -2.33. The summed E-state index contributed by atoms with van der Waals surface area (Å²) in [6.07, 6.45) is 4.82. The maximum Gasteiger partial charge on any atom is 0.310 e. The number of hydrogen-bond acceptors (Lipinski definition) is 3. The van der Waals surface area contributed by atoms with Gasteiger partial charge in [0.1, 0.15) is 0 Å².